The van der Waals surface area contributed by atoms with Crippen molar-refractivity contribution in [3.05, 3.63) is 63.2 Å². The second kappa shape index (κ2) is 7.22. The van der Waals surface area contributed by atoms with E-state index in [0.29, 0.717) is 6.54 Å². The molecule has 1 aromatic carbocycles. The van der Waals surface area contributed by atoms with Crippen molar-refractivity contribution in [2.75, 3.05) is 6.54 Å². The number of fused-ring (bicyclic) bond motifs is 1. The van der Waals surface area contributed by atoms with Crippen LogP contribution in [-0.2, 0) is 11.3 Å². The lowest BCUT2D eigenvalue weighted by molar-refractivity contribution is -0.135. The second-order valence-electron chi connectivity index (χ2n) is 6.79. The number of nitrogens with zero attached hydrogens (tertiary/aromatic N) is 3. The van der Waals surface area contributed by atoms with E-state index >= 15 is 0 Å². The van der Waals surface area contributed by atoms with Crippen LogP contribution in [-0.4, -0.2) is 36.9 Å². The molecule has 8 nitrogen and oxygen atoms in total. The molecule has 27 heavy (non-hydrogen) atoms. The topological polar surface area (TPSA) is 104 Å². The van der Waals surface area contributed by atoms with E-state index in [4.69, 9.17) is 0 Å². The highest BCUT2D eigenvalue weighted by Gasteiger charge is 2.29. The zero-order chi connectivity index (χ0) is 18.8. The molecule has 1 saturated heterocycles. The molecule has 0 unspecified atom stereocenters. The average molecular weight is 367 g/mol. The lowest BCUT2D eigenvalue weighted by Gasteiger charge is -2.34. The van der Waals surface area contributed by atoms with Crippen molar-refractivity contribution in [1.82, 2.24) is 24.4 Å². The summed E-state index contributed by atoms with van der Waals surface area (Å²) in [4.78, 5) is 47.8. The predicted octanol–water partition coefficient (Wildman–Crippen LogP) is 1.56. The van der Waals surface area contributed by atoms with E-state index in [0.717, 1.165) is 36.1 Å². The summed E-state index contributed by atoms with van der Waals surface area (Å²) >= 11 is 0. The normalized spacial score (nSPS) is 17.3. The lowest BCUT2D eigenvalue weighted by atomic mass is 10.0. The van der Waals surface area contributed by atoms with Gasteiger partial charge in [-0.05, 0) is 31.4 Å². The van der Waals surface area contributed by atoms with Gasteiger partial charge in [0, 0.05) is 31.8 Å². The molecule has 1 aliphatic heterocycles. The second-order valence-corrected chi connectivity index (χ2v) is 6.79. The number of para-hydroxylation sites is 2. The van der Waals surface area contributed by atoms with Crippen molar-refractivity contribution in [1.29, 1.82) is 0 Å². The summed E-state index contributed by atoms with van der Waals surface area (Å²) in [5.41, 5.74) is 0.918. The molecule has 8 heteroatoms. The Morgan fingerprint density at radius 2 is 2.00 bits per heavy atom. The molecule has 1 fully saturated rings. The maximum atomic E-state index is 12.8. The van der Waals surface area contributed by atoms with Crippen LogP contribution in [0.15, 0.2) is 46.1 Å². The Kier molecular flexibility index (Phi) is 4.62. The van der Waals surface area contributed by atoms with Crippen LogP contribution in [0.25, 0.3) is 11.0 Å². The van der Waals surface area contributed by atoms with Crippen LogP contribution < -0.4 is 11.2 Å². The zero-order valence-corrected chi connectivity index (χ0v) is 14.9. The number of piperidine rings is 1. The Bertz CT molecular complexity index is 1050. The molecule has 0 radical (unpaired) electrons. The molecule has 1 aliphatic rings. The molecule has 3 heterocycles. The standard InChI is InChI=1S/C19H21N5O3/c25-16-8-11-23(19(27)22-16)12-9-17(26)24-10-4-3-7-15(24)18-20-13-5-1-2-6-14(13)21-18/h1-2,5-6,8,11,15H,3-4,7,9-10,12H2,(H,20,21)(H,22,25,27)/t15-/m0/s1. The first-order valence-corrected chi connectivity index (χ1v) is 9.16. The van der Waals surface area contributed by atoms with Gasteiger partial charge >= 0.3 is 5.69 Å². The summed E-state index contributed by atoms with van der Waals surface area (Å²) < 4.78 is 1.35. The molecule has 0 bridgehead atoms. The lowest BCUT2D eigenvalue weighted by Crippen LogP contribution is -2.40. The fourth-order valence-corrected chi connectivity index (χ4v) is 3.62. The molecule has 1 atom stereocenters. The first-order chi connectivity index (χ1) is 13.1. The van der Waals surface area contributed by atoms with Gasteiger partial charge in [0.1, 0.15) is 5.82 Å². The van der Waals surface area contributed by atoms with E-state index in [9.17, 15) is 14.4 Å². The molecule has 0 aliphatic carbocycles. The highest BCUT2D eigenvalue weighted by Crippen LogP contribution is 2.31. The van der Waals surface area contributed by atoms with Crippen molar-refractivity contribution in [3.63, 3.8) is 0 Å². The summed E-state index contributed by atoms with van der Waals surface area (Å²) in [5, 5.41) is 0. The largest absolute Gasteiger partial charge is 0.340 e. The monoisotopic (exact) mass is 367 g/mol. The first kappa shape index (κ1) is 17.3. The molecule has 0 saturated carbocycles. The van der Waals surface area contributed by atoms with Crippen molar-refractivity contribution in [3.8, 4) is 0 Å². The van der Waals surface area contributed by atoms with Crippen molar-refractivity contribution in [2.45, 2.75) is 38.3 Å². The molecular formula is C19H21N5O3. The van der Waals surface area contributed by atoms with Gasteiger partial charge in [-0.3, -0.25) is 14.6 Å². The highest BCUT2D eigenvalue weighted by molar-refractivity contribution is 5.77. The fourth-order valence-electron chi connectivity index (χ4n) is 3.62. The summed E-state index contributed by atoms with van der Waals surface area (Å²) in [6.45, 7) is 0.916. The molecule has 2 N–H and O–H groups in total. The summed E-state index contributed by atoms with van der Waals surface area (Å²) in [6, 6.07) is 9.03. The quantitative estimate of drug-likeness (QED) is 0.730. The van der Waals surface area contributed by atoms with Gasteiger partial charge in [0.25, 0.3) is 5.56 Å². The van der Waals surface area contributed by atoms with Crippen molar-refractivity contribution in [2.24, 2.45) is 0 Å². The number of aryl methyl sites for hydroxylation is 1. The van der Waals surface area contributed by atoms with Crippen LogP contribution in [0.4, 0.5) is 0 Å². The molecule has 140 valence electrons. The van der Waals surface area contributed by atoms with Crippen LogP contribution in [0.5, 0.6) is 0 Å². The molecule has 1 amide bonds. The first-order valence-electron chi connectivity index (χ1n) is 9.16. The number of rotatable bonds is 4. The number of carbonyl (C=O) groups excluding carboxylic acids is 1. The van der Waals surface area contributed by atoms with Gasteiger partial charge in [-0.1, -0.05) is 12.1 Å². The fraction of sp³-hybridized carbons (Fsp3) is 0.368. The van der Waals surface area contributed by atoms with E-state index in [1.54, 1.807) is 0 Å². The van der Waals surface area contributed by atoms with Gasteiger partial charge in [0.15, 0.2) is 0 Å². The molecule has 3 aromatic rings. The number of benzene rings is 1. The minimum atomic E-state index is -0.497. The smallest absolute Gasteiger partial charge is 0.328 e. The summed E-state index contributed by atoms with van der Waals surface area (Å²) in [7, 11) is 0. The van der Waals surface area contributed by atoms with Gasteiger partial charge in [-0.2, -0.15) is 0 Å². The minimum Gasteiger partial charge on any atom is -0.340 e. The number of aromatic amines is 2. The number of H-pyrrole nitrogens is 2. The summed E-state index contributed by atoms with van der Waals surface area (Å²) in [5.74, 6) is 0.795. The van der Waals surface area contributed by atoms with Crippen LogP contribution in [0, 0.1) is 0 Å². The van der Waals surface area contributed by atoms with E-state index in [1.165, 1.54) is 16.8 Å². The number of imidazole rings is 1. The minimum absolute atomic E-state index is 0.0155. The Morgan fingerprint density at radius 1 is 1.15 bits per heavy atom. The third kappa shape index (κ3) is 3.55. The van der Waals surface area contributed by atoms with Crippen LogP contribution >= 0.6 is 0 Å². The van der Waals surface area contributed by atoms with Crippen molar-refractivity contribution < 1.29 is 4.79 Å². The molecule has 2 aromatic heterocycles. The van der Waals surface area contributed by atoms with Gasteiger partial charge in [0.05, 0.1) is 17.1 Å². The van der Waals surface area contributed by atoms with Crippen LogP contribution in [0.1, 0.15) is 37.5 Å². The number of amides is 1. The van der Waals surface area contributed by atoms with Gasteiger partial charge in [-0.25, -0.2) is 9.78 Å². The number of carbonyl (C=O) groups is 1. The Hall–Kier alpha value is -3.16. The predicted molar refractivity (Wildman–Crippen MR) is 100 cm³/mol. The van der Waals surface area contributed by atoms with Crippen LogP contribution in [0.2, 0.25) is 0 Å². The van der Waals surface area contributed by atoms with E-state index in [-0.39, 0.29) is 24.9 Å². The Labute approximate surface area is 154 Å². The third-order valence-electron chi connectivity index (χ3n) is 5.01. The Balaban J connectivity index is 1.52. The maximum Gasteiger partial charge on any atom is 0.328 e. The van der Waals surface area contributed by atoms with E-state index < -0.39 is 11.2 Å². The number of nitrogens with one attached hydrogen (secondary N) is 2. The number of hydrogen-bond acceptors (Lipinski definition) is 4. The van der Waals surface area contributed by atoms with E-state index in [1.807, 2.05) is 29.2 Å². The van der Waals surface area contributed by atoms with E-state index in [2.05, 4.69) is 15.0 Å². The Morgan fingerprint density at radius 3 is 2.81 bits per heavy atom. The molecular weight excluding hydrogens is 346 g/mol. The van der Waals surface area contributed by atoms with Gasteiger partial charge < -0.3 is 14.5 Å². The van der Waals surface area contributed by atoms with Crippen LogP contribution in [0.3, 0.4) is 0 Å². The SMILES string of the molecule is O=C(CCn1ccc(=O)[nH]c1=O)N1CCCC[C@H]1c1nc2ccccc2[nH]1. The third-order valence-corrected chi connectivity index (χ3v) is 5.01. The summed E-state index contributed by atoms with van der Waals surface area (Å²) in [6.07, 6.45) is 4.49. The zero-order valence-electron chi connectivity index (χ0n) is 14.9. The number of likely N-dealkylation sites (tertiary alicyclic amines) is 1. The van der Waals surface area contributed by atoms with Gasteiger partial charge in [-0.15, -0.1) is 0 Å². The number of hydrogen-bond donors (Lipinski definition) is 2. The van der Waals surface area contributed by atoms with Gasteiger partial charge in [0.2, 0.25) is 5.91 Å². The highest BCUT2D eigenvalue weighted by atomic mass is 16.2. The molecule has 4 rings (SSSR count). The number of aromatic nitrogens is 4. The average Bonchev–Trinajstić information content (AvgIpc) is 3.11. The molecule has 0 spiro atoms. The maximum absolute atomic E-state index is 12.8. The van der Waals surface area contributed by atoms with Crippen molar-refractivity contribution >= 4 is 16.9 Å².